The molecule has 1 aromatic carbocycles. The van der Waals surface area contributed by atoms with Gasteiger partial charge in [0.25, 0.3) is 0 Å². The first kappa shape index (κ1) is 21.6. The molecule has 1 N–H and O–H groups in total. The number of nitrogens with one attached hydrogen (secondary N) is 1. The number of hydrazone groups is 1. The number of rotatable bonds is 5. The lowest BCUT2D eigenvalue weighted by molar-refractivity contribution is -0.128. The number of aliphatic imine (C=N–C) groups is 1. The van der Waals surface area contributed by atoms with Crippen molar-refractivity contribution >= 4 is 52.1 Å². The molecule has 0 radical (unpaired) electrons. The Kier molecular flexibility index (Phi) is 6.76. The maximum atomic E-state index is 12.4. The summed E-state index contributed by atoms with van der Waals surface area (Å²) in [6.07, 6.45) is 4.03. The number of benzene rings is 1. The predicted octanol–water partition coefficient (Wildman–Crippen LogP) is 3.73. The van der Waals surface area contributed by atoms with Gasteiger partial charge in [-0.25, -0.2) is 5.01 Å². The first-order valence-corrected chi connectivity index (χ1v) is 11.5. The molecule has 2 aliphatic heterocycles. The molecule has 0 aliphatic carbocycles. The van der Waals surface area contributed by atoms with Crippen molar-refractivity contribution in [2.45, 2.75) is 25.3 Å². The van der Waals surface area contributed by atoms with Gasteiger partial charge in [0.2, 0.25) is 11.9 Å². The molecule has 2 aliphatic rings. The molecule has 1 atom stereocenters. The lowest BCUT2D eigenvalue weighted by Gasteiger charge is -2.25. The van der Waals surface area contributed by atoms with E-state index in [-0.39, 0.29) is 11.9 Å². The third-order valence-corrected chi connectivity index (χ3v) is 6.69. The van der Waals surface area contributed by atoms with E-state index in [1.165, 1.54) is 11.3 Å². The van der Waals surface area contributed by atoms with Gasteiger partial charge in [0.1, 0.15) is 5.71 Å². The Labute approximate surface area is 194 Å². The molecule has 10 heteroatoms. The number of halogens is 2. The Balaban J connectivity index is 1.56. The molecule has 3 heterocycles. The van der Waals surface area contributed by atoms with Crippen LogP contribution in [0.2, 0.25) is 9.36 Å². The standard InChI is InChI=1S/C21H20Cl2N6OS/c22-15-5-3-14(4-6-15)9-10-25-21(26-13-24)29-12-16(28-11-1-2-19(28)30)20(27-29)17-7-8-18(23)31-17/h3-8,16H,1-2,9-12H2,(H,25,26). The van der Waals surface area contributed by atoms with Crippen molar-refractivity contribution in [2.24, 2.45) is 10.1 Å². The minimum Gasteiger partial charge on any atom is -0.332 e. The van der Waals surface area contributed by atoms with Crippen LogP contribution in [0.4, 0.5) is 0 Å². The maximum Gasteiger partial charge on any atom is 0.228 e. The van der Waals surface area contributed by atoms with Gasteiger partial charge in [-0.05, 0) is 42.7 Å². The van der Waals surface area contributed by atoms with Crippen LogP contribution in [0.25, 0.3) is 0 Å². The first-order valence-electron chi connectivity index (χ1n) is 9.90. The molecule has 0 bridgehead atoms. The summed E-state index contributed by atoms with van der Waals surface area (Å²) in [7, 11) is 0. The van der Waals surface area contributed by atoms with E-state index in [1.54, 1.807) is 5.01 Å². The van der Waals surface area contributed by atoms with E-state index in [0.29, 0.717) is 47.8 Å². The second kappa shape index (κ2) is 9.69. The normalized spacial score (nSPS) is 19.0. The van der Waals surface area contributed by atoms with Gasteiger partial charge in [-0.3, -0.25) is 15.1 Å². The number of nitriles is 1. The van der Waals surface area contributed by atoms with Crippen molar-refractivity contribution in [1.82, 2.24) is 15.2 Å². The summed E-state index contributed by atoms with van der Waals surface area (Å²) in [6, 6.07) is 11.1. The fraction of sp³-hybridized carbons (Fsp3) is 0.333. The molecule has 0 saturated carbocycles. The van der Waals surface area contributed by atoms with Crippen molar-refractivity contribution in [3.63, 3.8) is 0 Å². The number of hydrogen-bond donors (Lipinski definition) is 1. The Morgan fingerprint density at radius 2 is 2.10 bits per heavy atom. The van der Waals surface area contributed by atoms with E-state index in [9.17, 15) is 10.1 Å². The highest BCUT2D eigenvalue weighted by atomic mass is 35.5. The highest BCUT2D eigenvalue weighted by molar-refractivity contribution is 7.18. The number of guanidine groups is 1. The van der Waals surface area contributed by atoms with Crippen LogP contribution in [0.1, 0.15) is 23.3 Å². The van der Waals surface area contributed by atoms with Gasteiger partial charge in [-0.15, -0.1) is 11.3 Å². The maximum absolute atomic E-state index is 12.4. The number of likely N-dealkylation sites (tertiary alicyclic amines) is 1. The van der Waals surface area contributed by atoms with Crippen LogP contribution in [0.15, 0.2) is 46.5 Å². The van der Waals surface area contributed by atoms with Gasteiger partial charge < -0.3 is 4.90 Å². The van der Waals surface area contributed by atoms with E-state index in [4.69, 9.17) is 28.3 Å². The third kappa shape index (κ3) is 5.01. The molecular formula is C21H20Cl2N6OS. The molecule has 4 rings (SSSR count). The van der Waals surface area contributed by atoms with Gasteiger partial charge >= 0.3 is 0 Å². The van der Waals surface area contributed by atoms with Gasteiger partial charge in [-0.1, -0.05) is 35.3 Å². The second-order valence-electron chi connectivity index (χ2n) is 7.20. The molecule has 31 heavy (non-hydrogen) atoms. The van der Waals surface area contributed by atoms with E-state index in [1.807, 2.05) is 47.5 Å². The minimum absolute atomic E-state index is 0.122. The summed E-state index contributed by atoms with van der Waals surface area (Å²) >= 11 is 13.5. The zero-order valence-corrected chi connectivity index (χ0v) is 18.9. The van der Waals surface area contributed by atoms with Gasteiger partial charge in [0, 0.05) is 24.5 Å². The van der Waals surface area contributed by atoms with Gasteiger partial charge in [0.15, 0.2) is 6.19 Å². The molecule has 1 aromatic heterocycles. The summed E-state index contributed by atoms with van der Waals surface area (Å²) in [6.45, 7) is 1.61. The summed E-state index contributed by atoms with van der Waals surface area (Å²) in [4.78, 5) is 19.8. The summed E-state index contributed by atoms with van der Waals surface area (Å²) in [5.41, 5.74) is 1.88. The topological polar surface area (TPSA) is 84.1 Å². The Morgan fingerprint density at radius 3 is 2.74 bits per heavy atom. The summed E-state index contributed by atoms with van der Waals surface area (Å²) in [5, 5.41) is 19.0. The number of carbonyl (C=O) groups is 1. The minimum atomic E-state index is -0.202. The summed E-state index contributed by atoms with van der Waals surface area (Å²) < 4.78 is 0.662. The van der Waals surface area contributed by atoms with Crippen LogP contribution in [0, 0.1) is 11.5 Å². The largest absolute Gasteiger partial charge is 0.332 e. The summed E-state index contributed by atoms with van der Waals surface area (Å²) in [5.74, 6) is 0.488. The lowest BCUT2D eigenvalue weighted by Crippen LogP contribution is -2.45. The van der Waals surface area contributed by atoms with Crippen LogP contribution in [0.3, 0.4) is 0 Å². The molecule has 0 spiro atoms. The number of nitrogens with zero attached hydrogens (tertiary/aromatic N) is 5. The molecule has 2 aromatic rings. The van der Waals surface area contributed by atoms with E-state index < -0.39 is 0 Å². The van der Waals surface area contributed by atoms with Crippen LogP contribution >= 0.6 is 34.5 Å². The second-order valence-corrected chi connectivity index (χ2v) is 9.35. The van der Waals surface area contributed by atoms with Crippen molar-refractivity contribution in [3.8, 4) is 6.19 Å². The van der Waals surface area contributed by atoms with Crippen molar-refractivity contribution in [3.05, 3.63) is 56.2 Å². The molecule has 160 valence electrons. The number of carbonyl (C=O) groups excluding carboxylic acids is 1. The Morgan fingerprint density at radius 1 is 1.29 bits per heavy atom. The fourth-order valence-electron chi connectivity index (χ4n) is 3.71. The zero-order valence-electron chi connectivity index (χ0n) is 16.6. The van der Waals surface area contributed by atoms with Crippen LogP contribution < -0.4 is 5.32 Å². The highest BCUT2D eigenvalue weighted by Crippen LogP contribution is 2.29. The van der Waals surface area contributed by atoms with Crippen LogP contribution in [-0.2, 0) is 11.2 Å². The third-order valence-electron chi connectivity index (χ3n) is 5.19. The Hall–Kier alpha value is -2.60. The van der Waals surface area contributed by atoms with Crippen molar-refractivity contribution < 1.29 is 4.79 Å². The molecule has 7 nitrogen and oxygen atoms in total. The smallest absolute Gasteiger partial charge is 0.228 e. The average Bonchev–Trinajstić information content (AvgIpc) is 3.48. The lowest BCUT2D eigenvalue weighted by atomic mass is 10.1. The van der Waals surface area contributed by atoms with Gasteiger partial charge in [-0.2, -0.15) is 10.4 Å². The monoisotopic (exact) mass is 474 g/mol. The SMILES string of the molecule is N#CNC(=NCCc1ccc(Cl)cc1)N1CC(N2CCCC2=O)C(c2ccc(Cl)s2)=N1. The molecule has 1 fully saturated rings. The number of thiophene rings is 1. The van der Waals surface area contributed by atoms with Crippen LogP contribution in [0.5, 0.6) is 0 Å². The van der Waals surface area contributed by atoms with Crippen molar-refractivity contribution in [2.75, 3.05) is 19.6 Å². The number of amides is 1. The predicted molar refractivity (Wildman–Crippen MR) is 124 cm³/mol. The van der Waals surface area contributed by atoms with Crippen molar-refractivity contribution in [1.29, 1.82) is 5.26 Å². The highest BCUT2D eigenvalue weighted by Gasteiger charge is 2.39. The number of hydrogen-bond acceptors (Lipinski definition) is 5. The van der Waals surface area contributed by atoms with E-state index in [0.717, 1.165) is 22.6 Å². The van der Waals surface area contributed by atoms with E-state index in [2.05, 4.69) is 10.3 Å². The molecule has 1 unspecified atom stereocenters. The first-order chi connectivity index (χ1) is 15.0. The van der Waals surface area contributed by atoms with Crippen LogP contribution in [-0.4, -0.2) is 53.2 Å². The fourth-order valence-corrected chi connectivity index (χ4v) is 4.91. The average molecular weight is 475 g/mol. The molecule has 1 saturated heterocycles. The molecule has 1 amide bonds. The van der Waals surface area contributed by atoms with E-state index >= 15 is 0 Å². The Bertz CT molecular complexity index is 1060. The zero-order chi connectivity index (χ0) is 21.8. The molecular weight excluding hydrogens is 455 g/mol. The quantitative estimate of drug-likeness (QED) is 0.309. The van der Waals surface area contributed by atoms with Gasteiger partial charge in [0.05, 0.1) is 21.8 Å².